The molecule has 1 fully saturated rings. The SMILES string of the molecule is Cc1cn([C@@H]2C[C@@H](NC(=O)[C@@H]([NH3+])Cc3ccccc3)[C@H](CO)O2)c(=O)[nH]c1=O. The molecule has 9 nitrogen and oxygen atoms in total. The fourth-order valence-electron chi connectivity index (χ4n) is 3.31. The van der Waals surface area contributed by atoms with E-state index in [-0.39, 0.29) is 12.5 Å². The lowest BCUT2D eigenvalue weighted by Gasteiger charge is -2.18. The van der Waals surface area contributed by atoms with Crippen molar-refractivity contribution >= 4 is 5.91 Å². The molecular weight excluding hydrogens is 364 g/mol. The van der Waals surface area contributed by atoms with Gasteiger partial charge in [0.2, 0.25) is 0 Å². The molecular formula is C19H25N4O5+. The van der Waals surface area contributed by atoms with Crippen LogP contribution in [0.2, 0.25) is 0 Å². The maximum atomic E-state index is 12.5. The average Bonchev–Trinajstić information content (AvgIpc) is 3.08. The molecule has 28 heavy (non-hydrogen) atoms. The largest absolute Gasteiger partial charge is 0.394 e. The van der Waals surface area contributed by atoms with E-state index in [0.29, 0.717) is 18.4 Å². The minimum atomic E-state index is -0.692. The van der Waals surface area contributed by atoms with Gasteiger partial charge in [-0.2, -0.15) is 0 Å². The van der Waals surface area contributed by atoms with Crippen LogP contribution >= 0.6 is 0 Å². The molecule has 0 spiro atoms. The standard InChI is InChI=1S/C19H24N4O5/c1-11-9-23(19(27)22-17(11)25)16-8-14(15(10-24)28-16)21-18(26)13(20)7-12-5-3-2-4-6-12/h2-6,9,13-16,24H,7-8,10,20H2,1H3,(H,21,26)(H,22,25,27)/p+1/t13-,14+,15-,16-/m0/s1. The van der Waals surface area contributed by atoms with Crippen LogP contribution in [-0.4, -0.2) is 45.4 Å². The zero-order valence-electron chi connectivity index (χ0n) is 15.6. The number of carbonyl (C=O) groups is 1. The van der Waals surface area contributed by atoms with Gasteiger partial charge in [0, 0.05) is 24.6 Å². The number of rotatable bonds is 6. The van der Waals surface area contributed by atoms with Gasteiger partial charge in [0.15, 0.2) is 6.04 Å². The Hall–Kier alpha value is -2.75. The normalized spacial score (nSPS) is 22.8. The second-order valence-electron chi connectivity index (χ2n) is 7.03. The van der Waals surface area contributed by atoms with Crippen molar-refractivity contribution in [1.82, 2.24) is 14.9 Å². The number of carbonyl (C=O) groups excluding carboxylic acids is 1. The van der Waals surface area contributed by atoms with Gasteiger partial charge in [-0.05, 0) is 12.5 Å². The Morgan fingerprint density at radius 1 is 1.39 bits per heavy atom. The number of aromatic nitrogens is 2. The molecule has 2 heterocycles. The van der Waals surface area contributed by atoms with Crippen molar-refractivity contribution in [2.75, 3.05) is 6.61 Å². The van der Waals surface area contributed by atoms with E-state index < -0.39 is 35.7 Å². The van der Waals surface area contributed by atoms with Crippen molar-refractivity contribution in [2.24, 2.45) is 0 Å². The molecule has 3 rings (SSSR count). The maximum absolute atomic E-state index is 12.5. The van der Waals surface area contributed by atoms with Crippen LogP contribution in [0, 0.1) is 6.92 Å². The Morgan fingerprint density at radius 2 is 2.11 bits per heavy atom. The van der Waals surface area contributed by atoms with Gasteiger partial charge in [0.25, 0.3) is 11.5 Å². The van der Waals surface area contributed by atoms with E-state index >= 15 is 0 Å². The molecule has 1 saturated heterocycles. The molecule has 6 N–H and O–H groups in total. The number of hydrogen-bond donors (Lipinski definition) is 4. The predicted molar refractivity (Wildman–Crippen MR) is 100 cm³/mol. The number of nitrogens with one attached hydrogen (secondary N) is 2. The third-order valence-corrected chi connectivity index (χ3v) is 4.90. The predicted octanol–water partition coefficient (Wildman–Crippen LogP) is -1.54. The van der Waals surface area contributed by atoms with Crippen molar-refractivity contribution in [3.8, 4) is 0 Å². The number of quaternary nitrogens is 1. The summed E-state index contributed by atoms with van der Waals surface area (Å²) in [5.74, 6) is -0.249. The summed E-state index contributed by atoms with van der Waals surface area (Å²) in [7, 11) is 0. The highest BCUT2D eigenvalue weighted by Gasteiger charge is 2.38. The van der Waals surface area contributed by atoms with Crippen molar-refractivity contribution < 1.29 is 20.4 Å². The first-order valence-electron chi connectivity index (χ1n) is 9.14. The highest BCUT2D eigenvalue weighted by atomic mass is 16.5. The van der Waals surface area contributed by atoms with Gasteiger partial charge in [-0.25, -0.2) is 4.79 Å². The first kappa shape index (κ1) is 20.0. The van der Waals surface area contributed by atoms with Gasteiger partial charge in [-0.1, -0.05) is 30.3 Å². The fourth-order valence-corrected chi connectivity index (χ4v) is 3.31. The molecule has 150 valence electrons. The van der Waals surface area contributed by atoms with Crippen LogP contribution in [0.5, 0.6) is 0 Å². The number of hydrogen-bond acceptors (Lipinski definition) is 5. The summed E-state index contributed by atoms with van der Waals surface area (Å²) < 4.78 is 7.01. The molecule has 1 aliphatic rings. The van der Waals surface area contributed by atoms with Gasteiger partial charge >= 0.3 is 5.69 Å². The molecule has 2 aromatic rings. The summed E-state index contributed by atoms with van der Waals surface area (Å²) in [5, 5.41) is 12.5. The van der Waals surface area contributed by atoms with Crippen LogP contribution in [0.1, 0.15) is 23.8 Å². The third-order valence-electron chi connectivity index (χ3n) is 4.90. The summed E-state index contributed by atoms with van der Waals surface area (Å²) in [6.07, 6.45) is 0.858. The zero-order valence-corrected chi connectivity index (χ0v) is 15.6. The summed E-state index contributed by atoms with van der Waals surface area (Å²) in [5.41, 5.74) is 4.26. The number of aryl methyl sites for hydroxylation is 1. The molecule has 1 amide bonds. The number of amides is 1. The number of benzene rings is 1. The molecule has 9 heteroatoms. The topological polar surface area (TPSA) is 141 Å². The quantitative estimate of drug-likeness (QED) is 0.474. The Kier molecular flexibility index (Phi) is 6.08. The second kappa shape index (κ2) is 8.51. The number of aliphatic hydroxyl groups excluding tert-OH is 1. The average molecular weight is 389 g/mol. The molecule has 1 aromatic heterocycles. The van der Waals surface area contributed by atoms with Gasteiger partial charge in [-0.3, -0.25) is 19.1 Å². The van der Waals surface area contributed by atoms with Crippen molar-refractivity contribution in [3.63, 3.8) is 0 Å². The first-order valence-corrected chi connectivity index (χ1v) is 9.14. The summed E-state index contributed by atoms with van der Waals surface area (Å²) >= 11 is 0. The number of nitrogens with zero attached hydrogens (tertiary/aromatic N) is 1. The van der Waals surface area contributed by atoms with E-state index in [2.05, 4.69) is 16.0 Å². The Balaban J connectivity index is 1.68. The second-order valence-corrected chi connectivity index (χ2v) is 7.03. The highest BCUT2D eigenvalue weighted by molar-refractivity contribution is 5.80. The highest BCUT2D eigenvalue weighted by Crippen LogP contribution is 2.27. The summed E-state index contributed by atoms with van der Waals surface area (Å²) in [6, 6.07) is 8.61. The lowest BCUT2D eigenvalue weighted by atomic mass is 10.0. The fraction of sp³-hybridized carbons (Fsp3) is 0.421. The number of ether oxygens (including phenoxy) is 1. The minimum absolute atomic E-state index is 0.249. The van der Waals surface area contributed by atoms with E-state index in [0.717, 1.165) is 5.56 Å². The van der Waals surface area contributed by atoms with Crippen LogP contribution in [0.3, 0.4) is 0 Å². The van der Waals surface area contributed by atoms with Crippen LogP contribution in [0.25, 0.3) is 0 Å². The maximum Gasteiger partial charge on any atom is 0.330 e. The Bertz CT molecular complexity index is 939. The monoisotopic (exact) mass is 389 g/mol. The van der Waals surface area contributed by atoms with Crippen molar-refractivity contribution in [1.29, 1.82) is 0 Å². The number of H-pyrrole nitrogens is 1. The van der Waals surface area contributed by atoms with Crippen LogP contribution in [-0.2, 0) is 16.0 Å². The van der Waals surface area contributed by atoms with Crippen LogP contribution < -0.4 is 22.3 Å². The number of aromatic amines is 1. The molecule has 4 atom stereocenters. The molecule has 1 aliphatic heterocycles. The molecule has 1 aromatic carbocycles. The van der Waals surface area contributed by atoms with Gasteiger partial charge in [0.1, 0.15) is 12.3 Å². The van der Waals surface area contributed by atoms with Crippen molar-refractivity contribution in [2.45, 2.75) is 44.2 Å². The molecule has 0 aliphatic carbocycles. The van der Waals surface area contributed by atoms with E-state index in [1.165, 1.54) is 10.8 Å². The first-order chi connectivity index (χ1) is 13.4. The number of aliphatic hydroxyl groups is 1. The lowest BCUT2D eigenvalue weighted by molar-refractivity contribution is -0.403. The molecule has 0 unspecified atom stereocenters. The minimum Gasteiger partial charge on any atom is -0.394 e. The Morgan fingerprint density at radius 3 is 2.79 bits per heavy atom. The van der Waals surface area contributed by atoms with Crippen LogP contribution in [0.4, 0.5) is 0 Å². The van der Waals surface area contributed by atoms with Gasteiger partial charge in [0.05, 0.1) is 12.6 Å². The lowest BCUT2D eigenvalue weighted by Crippen LogP contribution is -2.69. The van der Waals surface area contributed by atoms with Crippen molar-refractivity contribution in [3.05, 3.63) is 68.5 Å². The van der Waals surface area contributed by atoms with Gasteiger partial charge < -0.3 is 20.9 Å². The van der Waals surface area contributed by atoms with E-state index in [1.807, 2.05) is 30.3 Å². The van der Waals surface area contributed by atoms with E-state index in [9.17, 15) is 19.5 Å². The molecule has 0 bridgehead atoms. The van der Waals surface area contributed by atoms with Crippen LogP contribution in [0.15, 0.2) is 46.1 Å². The van der Waals surface area contributed by atoms with E-state index in [1.54, 1.807) is 6.92 Å². The van der Waals surface area contributed by atoms with E-state index in [4.69, 9.17) is 4.74 Å². The third kappa shape index (κ3) is 4.38. The molecule has 0 radical (unpaired) electrons. The summed E-state index contributed by atoms with van der Waals surface area (Å²) in [4.78, 5) is 38.4. The smallest absolute Gasteiger partial charge is 0.330 e. The zero-order chi connectivity index (χ0) is 20.3. The van der Waals surface area contributed by atoms with Gasteiger partial charge in [-0.15, -0.1) is 0 Å². The molecule has 0 saturated carbocycles. The Labute approximate surface area is 161 Å². The summed E-state index contributed by atoms with van der Waals surface area (Å²) in [6.45, 7) is 1.28.